The van der Waals surface area contributed by atoms with Gasteiger partial charge in [0.25, 0.3) is 6.43 Å². The van der Waals surface area contributed by atoms with Crippen LogP contribution in [-0.4, -0.2) is 4.98 Å². The van der Waals surface area contributed by atoms with E-state index in [2.05, 4.69) is 27.6 Å². The van der Waals surface area contributed by atoms with Crippen LogP contribution in [0, 0.1) is 10.5 Å². The number of benzene rings is 1. The van der Waals surface area contributed by atoms with Crippen molar-refractivity contribution in [1.29, 1.82) is 0 Å². The topological polar surface area (TPSA) is 12.9 Å². The van der Waals surface area contributed by atoms with E-state index < -0.39 is 6.43 Å². The molecule has 0 aliphatic rings. The average Bonchev–Trinajstić information content (AvgIpc) is 2.16. The van der Waals surface area contributed by atoms with Crippen LogP contribution in [0.5, 0.6) is 0 Å². The Kier molecular flexibility index (Phi) is 2.86. The second-order valence-corrected chi connectivity index (χ2v) is 4.57. The van der Waals surface area contributed by atoms with Gasteiger partial charge in [0, 0.05) is 8.96 Å². The quantitative estimate of drug-likeness (QED) is 0.722. The molecular formula is C11H8F2IN. The predicted octanol–water partition coefficient (Wildman–Crippen LogP) is 4.09. The molecule has 1 aromatic heterocycles. The summed E-state index contributed by atoms with van der Waals surface area (Å²) in [6.07, 6.45) is -2.51. The lowest BCUT2D eigenvalue weighted by molar-refractivity contribution is 0.146. The van der Waals surface area contributed by atoms with Gasteiger partial charge in [-0.05, 0) is 53.3 Å². The summed E-state index contributed by atoms with van der Waals surface area (Å²) in [5.41, 5.74) is 1.32. The van der Waals surface area contributed by atoms with Gasteiger partial charge in [-0.2, -0.15) is 0 Å². The fourth-order valence-corrected chi connectivity index (χ4v) is 1.99. The Labute approximate surface area is 99.7 Å². The zero-order valence-electron chi connectivity index (χ0n) is 7.97. The molecule has 0 saturated heterocycles. The summed E-state index contributed by atoms with van der Waals surface area (Å²) in [7, 11) is 0. The lowest BCUT2D eigenvalue weighted by Gasteiger charge is -2.05. The first kappa shape index (κ1) is 10.7. The number of nitrogens with zero attached hydrogens (tertiary/aromatic N) is 1. The highest BCUT2D eigenvalue weighted by atomic mass is 127. The van der Waals surface area contributed by atoms with E-state index in [1.165, 1.54) is 6.07 Å². The van der Waals surface area contributed by atoms with E-state index in [1.54, 1.807) is 0 Å². The third kappa shape index (κ3) is 2.09. The van der Waals surface area contributed by atoms with Crippen LogP contribution in [0.2, 0.25) is 0 Å². The third-order valence-corrected chi connectivity index (χ3v) is 2.89. The molecule has 2 aromatic rings. The number of aromatic nitrogens is 1. The second kappa shape index (κ2) is 4.00. The van der Waals surface area contributed by atoms with Crippen LogP contribution < -0.4 is 0 Å². The molecule has 1 heterocycles. The highest BCUT2D eigenvalue weighted by Crippen LogP contribution is 2.24. The fourth-order valence-electron chi connectivity index (χ4n) is 1.51. The van der Waals surface area contributed by atoms with Crippen LogP contribution in [0.4, 0.5) is 8.78 Å². The highest BCUT2D eigenvalue weighted by molar-refractivity contribution is 14.1. The summed E-state index contributed by atoms with van der Waals surface area (Å²) < 4.78 is 26.0. The van der Waals surface area contributed by atoms with Crippen LogP contribution in [0.1, 0.15) is 17.7 Å². The van der Waals surface area contributed by atoms with Gasteiger partial charge in [-0.3, -0.25) is 0 Å². The highest BCUT2D eigenvalue weighted by Gasteiger charge is 2.11. The van der Waals surface area contributed by atoms with E-state index in [4.69, 9.17) is 0 Å². The molecule has 0 unspecified atom stereocenters. The molecule has 0 aliphatic carbocycles. The monoisotopic (exact) mass is 319 g/mol. The van der Waals surface area contributed by atoms with E-state index in [0.29, 0.717) is 5.52 Å². The maximum Gasteiger partial charge on any atom is 0.280 e. The van der Waals surface area contributed by atoms with Gasteiger partial charge < -0.3 is 0 Å². The maximum atomic E-state index is 12.5. The summed E-state index contributed by atoms with van der Waals surface area (Å²) in [6.45, 7) is 1.82. The van der Waals surface area contributed by atoms with Crippen molar-refractivity contribution in [2.45, 2.75) is 13.3 Å². The van der Waals surface area contributed by atoms with Gasteiger partial charge in [0.1, 0.15) is 5.69 Å². The van der Waals surface area contributed by atoms with Gasteiger partial charge in [0.05, 0.1) is 5.52 Å². The molecular weight excluding hydrogens is 311 g/mol. The molecule has 0 aliphatic heterocycles. The van der Waals surface area contributed by atoms with E-state index in [9.17, 15) is 8.78 Å². The number of halogens is 3. The molecule has 0 saturated carbocycles. The van der Waals surface area contributed by atoms with Crippen molar-refractivity contribution < 1.29 is 8.78 Å². The van der Waals surface area contributed by atoms with Gasteiger partial charge in [-0.1, -0.05) is 6.07 Å². The SMILES string of the molecule is Cc1cc(C(F)F)nc2cc(I)ccc12. The molecule has 0 fully saturated rings. The Bertz CT molecular complexity index is 511. The van der Waals surface area contributed by atoms with Gasteiger partial charge >= 0.3 is 0 Å². The predicted molar refractivity (Wildman–Crippen MR) is 64.2 cm³/mol. The summed E-state index contributed by atoms with van der Waals surface area (Å²) in [5, 5.41) is 0.930. The van der Waals surface area contributed by atoms with Crippen LogP contribution in [0.15, 0.2) is 24.3 Å². The van der Waals surface area contributed by atoms with Gasteiger partial charge in [-0.25, -0.2) is 13.8 Å². The number of alkyl halides is 2. The van der Waals surface area contributed by atoms with Crippen LogP contribution in [0.3, 0.4) is 0 Å². The molecule has 0 atom stereocenters. The Hall–Kier alpha value is -0.780. The van der Waals surface area contributed by atoms with E-state index in [-0.39, 0.29) is 5.69 Å². The molecule has 1 nitrogen and oxygen atoms in total. The Balaban J connectivity index is 2.74. The first-order valence-electron chi connectivity index (χ1n) is 4.43. The molecule has 0 bridgehead atoms. The number of rotatable bonds is 1. The number of hydrogen-bond acceptors (Lipinski definition) is 1. The minimum Gasteiger partial charge on any atom is -0.247 e. The maximum absolute atomic E-state index is 12.5. The molecule has 0 amide bonds. The number of fused-ring (bicyclic) bond motifs is 1. The Morgan fingerprint density at radius 3 is 2.67 bits per heavy atom. The van der Waals surface area contributed by atoms with Crippen molar-refractivity contribution in [3.8, 4) is 0 Å². The summed E-state index contributed by atoms with van der Waals surface area (Å²) >= 11 is 2.14. The largest absolute Gasteiger partial charge is 0.280 e. The molecule has 0 spiro atoms. The molecule has 2 rings (SSSR count). The van der Waals surface area contributed by atoms with Crippen LogP contribution >= 0.6 is 22.6 Å². The molecule has 15 heavy (non-hydrogen) atoms. The summed E-state index contributed by atoms with van der Waals surface area (Å²) in [4.78, 5) is 3.94. The molecule has 78 valence electrons. The van der Waals surface area contributed by atoms with Crippen LogP contribution in [0.25, 0.3) is 10.9 Å². The zero-order valence-corrected chi connectivity index (χ0v) is 10.1. The molecule has 4 heteroatoms. The lowest BCUT2D eigenvalue weighted by Crippen LogP contribution is -1.93. The Morgan fingerprint density at radius 1 is 1.27 bits per heavy atom. The average molecular weight is 319 g/mol. The first-order chi connectivity index (χ1) is 7.08. The van der Waals surface area contributed by atoms with Gasteiger partial charge in [0.15, 0.2) is 0 Å². The fraction of sp³-hybridized carbons (Fsp3) is 0.182. The molecule has 1 aromatic carbocycles. The molecule has 0 N–H and O–H groups in total. The van der Waals surface area contributed by atoms with Crippen molar-refractivity contribution >= 4 is 33.5 Å². The van der Waals surface area contributed by atoms with Crippen molar-refractivity contribution in [3.05, 3.63) is 39.1 Å². The van der Waals surface area contributed by atoms with Crippen LogP contribution in [-0.2, 0) is 0 Å². The van der Waals surface area contributed by atoms with Crippen molar-refractivity contribution in [3.63, 3.8) is 0 Å². The van der Waals surface area contributed by atoms with Gasteiger partial charge in [-0.15, -0.1) is 0 Å². The Morgan fingerprint density at radius 2 is 2.00 bits per heavy atom. The minimum absolute atomic E-state index is 0.151. The van der Waals surface area contributed by atoms with Crippen molar-refractivity contribution in [2.24, 2.45) is 0 Å². The third-order valence-electron chi connectivity index (χ3n) is 2.22. The summed E-state index contributed by atoms with van der Waals surface area (Å²) in [5.74, 6) is 0. The smallest absolute Gasteiger partial charge is 0.247 e. The normalized spacial score (nSPS) is 11.3. The second-order valence-electron chi connectivity index (χ2n) is 3.33. The number of aryl methyl sites for hydroxylation is 1. The summed E-state index contributed by atoms with van der Waals surface area (Å²) in [6, 6.07) is 7.11. The first-order valence-corrected chi connectivity index (χ1v) is 5.51. The van der Waals surface area contributed by atoms with Crippen molar-refractivity contribution in [2.75, 3.05) is 0 Å². The van der Waals surface area contributed by atoms with E-state index in [0.717, 1.165) is 14.5 Å². The number of pyridine rings is 1. The standard InChI is InChI=1S/C11H8F2IN/c1-6-4-10(11(12)13)15-9-5-7(14)2-3-8(6)9/h2-5,11H,1H3. The molecule has 0 radical (unpaired) electrons. The zero-order chi connectivity index (χ0) is 11.0. The van der Waals surface area contributed by atoms with E-state index >= 15 is 0 Å². The van der Waals surface area contributed by atoms with Crippen molar-refractivity contribution in [1.82, 2.24) is 4.98 Å². The number of hydrogen-bond donors (Lipinski definition) is 0. The van der Waals surface area contributed by atoms with Gasteiger partial charge in [0.2, 0.25) is 0 Å². The lowest BCUT2D eigenvalue weighted by atomic mass is 10.1. The minimum atomic E-state index is -2.51. The van der Waals surface area contributed by atoms with E-state index in [1.807, 2.05) is 25.1 Å².